The van der Waals surface area contributed by atoms with Crippen LogP contribution in [0, 0.1) is 5.92 Å². The van der Waals surface area contributed by atoms with E-state index in [-0.39, 0.29) is 17.4 Å². The van der Waals surface area contributed by atoms with Crippen LogP contribution in [0.5, 0.6) is 0 Å². The van der Waals surface area contributed by atoms with Gasteiger partial charge >= 0.3 is 0 Å². The van der Waals surface area contributed by atoms with Crippen molar-refractivity contribution in [3.8, 4) is 0 Å². The van der Waals surface area contributed by atoms with Gasteiger partial charge in [0, 0.05) is 10.9 Å². The molecule has 0 atom stereocenters. The summed E-state index contributed by atoms with van der Waals surface area (Å²) in [6, 6.07) is 7.88. The Kier molecular flexibility index (Phi) is 2.62. The van der Waals surface area contributed by atoms with E-state index in [1.54, 1.807) is 0 Å². The maximum Gasteiger partial charge on any atom is 0.223 e. The molecule has 0 bridgehead atoms. The summed E-state index contributed by atoms with van der Waals surface area (Å²) >= 11 is 5.90. The quantitative estimate of drug-likeness (QED) is 0.876. The maximum absolute atomic E-state index is 11.9. The van der Waals surface area contributed by atoms with E-state index in [0.717, 1.165) is 30.7 Å². The number of rotatable bonds is 3. The molecule has 3 heteroatoms. The van der Waals surface area contributed by atoms with E-state index >= 15 is 0 Å². The molecule has 0 spiro atoms. The lowest BCUT2D eigenvalue weighted by Crippen LogP contribution is -2.51. The number of hydrogen-bond acceptors (Lipinski definition) is 1. The summed E-state index contributed by atoms with van der Waals surface area (Å²) in [7, 11) is 0. The molecule has 3 rings (SSSR count). The molecule has 1 aromatic rings. The lowest BCUT2D eigenvalue weighted by Gasteiger charge is -2.43. The molecule has 17 heavy (non-hydrogen) atoms. The number of amides is 1. The molecule has 2 nitrogen and oxygen atoms in total. The van der Waals surface area contributed by atoms with E-state index in [1.165, 1.54) is 12.0 Å². The van der Waals surface area contributed by atoms with Gasteiger partial charge in [-0.2, -0.15) is 0 Å². The van der Waals surface area contributed by atoms with Crippen molar-refractivity contribution >= 4 is 17.5 Å². The predicted octanol–water partition coefficient (Wildman–Crippen LogP) is 3.25. The molecule has 0 aromatic heterocycles. The normalized spacial score (nSPS) is 21.7. The Bertz CT molecular complexity index is 432. The van der Waals surface area contributed by atoms with Gasteiger partial charge in [-0.3, -0.25) is 4.79 Å². The van der Waals surface area contributed by atoms with Gasteiger partial charge in [0.25, 0.3) is 0 Å². The number of carbonyl (C=O) groups is 1. The van der Waals surface area contributed by atoms with Gasteiger partial charge in [-0.25, -0.2) is 0 Å². The lowest BCUT2D eigenvalue weighted by atomic mass is 9.71. The van der Waals surface area contributed by atoms with Crippen LogP contribution in [0.15, 0.2) is 24.3 Å². The van der Waals surface area contributed by atoms with Gasteiger partial charge in [-0.05, 0) is 49.8 Å². The highest BCUT2D eigenvalue weighted by atomic mass is 35.5. The van der Waals surface area contributed by atoms with Crippen LogP contribution >= 0.6 is 11.6 Å². The van der Waals surface area contributed by atoms with Crippen molar-refractivity contribution in [3.63, 3.8) is 0 Å². The molecule has 2 saturated carbocycles. The average Bonchev–Trinajstić information content (AvgIpc) is 3.08. The molecule has 2 fully saturated rings. The standard InChI is InChI=1S/C14H16ClNO/c15-12-6-4-11(5-7-12)14(8-1-9-14)16-13(17)10-2-3-10/h4-7,10H,1-3,8-9H2,(H,16,17). The Morgan fingerprint density at radius 3 is 2.35 bits per heavy atom. The van der Waals surface area contributed by atoms with E-state index in [0.29, 0.717) is 0 Å². The zero-order chi connectivity index (χ0) is 11.9. The van der Waals surface area contributed by atoms with Crippen molar-refractivity contribution in [2.75, 3.05) is 0 Å². The maximum atomic E-state index is 11.9. The summed E-state index contributed by atoms with van der Waals surface area (Å²) in [6.45, 7) is 0. The summed E-state index contributed by atoms with van der Waals surface area (Å²) in [5.41, 5.74) is 1.09. The van der Waals surface area contributed by atoms with Crippen LogP contribution in [0.3, 0.4) is 0 Å². The second-order valence-corrected chi connectivity index (χ2v) is 5.64. The van der Waals surface area contributed by atoms with Gasteiger partial charge in [-0.1, -0.05) is 23.7 Å². The summed E-state index contributed by atoms with van der Waals surface area (Å²) in [6.07, 6.45) is 5.40. The van der Waals surface area contributed by atoms with Crippen molar-refractivity contribution in [1.82, 2.24) is 5.32 Å². The van der Waals surface area contributed by atoms with E-state index in [9.17, 15) is 4.79 Å². The van der Waals surface area contributed by atoms with E-state index < -0.39 is 0 Å². The first-order valence-corrected chi connectivity index (χ1v) is 6.65. The molecule has 1 amide bonds. The molecule has 0 unspecified atom stereocenters. The third-order valence-electron chi connectivity index (χ3n) is 3.91. The number of carbonyl (C=O) groups excluding carboxylic acids is 1. The average molecular weight is 250 g/mol. The molecule has 0 saturated heterocycles. The van der Waals surface area contributed by atoms with Crippen molar-refractivity contribution < 1.29 is 4.79 Å². The smallest absolute Gasteiger partial charge is 0.223 e. The fraction of sp³-hybridized carbons (Fsp3) is 0.500. The number of benzene rings is 1. The third kappa shape index (κ3) is 2.06. The minimum Gasteiger partial charge on any atom is -0.346 e. The SMILES string of the molecule is O=C(NC1(c2ccc(Cl)cc2)CCC1)C1CC1. The first kappa shape index (κ1) is 11.1. The minimum absolute atomic E-state index is 0.107. The van der Waals surface area contributed by atoms with Gasteiger partial charge in [-0.15, -0.1) is 0 Å². The summed E-state index contributed by atoms with van der Waals surface area (Å²) in [5.74, 6) is 0.513. The van der Waals surface area contributed by atoms with E-state index in [4.69, 9.17) is 11.6 Å². The minimum atomic E-state index is -0.107. The van der Waals surface area contributed by atoms with Crippen LogP contribution in [0.4, 0.5) is 0 Å². The third-order valence-corrected chi connectivity index (χ3v) is 4.17. The van der Waals surface area contributed by atoms with Gasteiger partial charge in [0.1, 0.15) is 0 Å². The molecule has 0 radical (unpaired) electrons. The monoisotopic (exact) mass is 249 g/mol. The largest absolute Gasteiger partial charge is 0.346 e. The number of nitrogens with one attached hydrogen (secondary N) is 1. The van der Waals surface area contributed by atoms with Crippen molar-refractivity contribution in [2.24, 2.45) is 5.92 Å². The van der Waals surface area contributed by atoms with Gasteiger partial charge in [0.15, 0.2) is 0 Å². The molecular weight excluding hydrogens is 234 g/mol. The fourth-order valence-electron chi connectivity index (χ4n) is 2.47. The van der Waals surface area contributed by atoms with Crippen molar-refractivity contribution in [3.05, 3.63) is 34.9 Å². The Balaban J connectivity index is 1.80. The van der Waals surface area contributed by atoms with E-state index in [2.05, 4.69) is 5.32 Å². The second kappa shape index (κ2) is 4.02. The predicted molar refractivity (Wildman–Crippen MR) is 67.8 cm³/mol. The number of halogens is 1. The summed E-state index contributed by atoms with van der Waals surface area (Å²) < 4.78 is 0. The zero-order valence-corrected chi connectivity index (χ0v) is 10.5. The molecule has 0 heterocycles. The Hall–Kier alpha value is -1.02. The zero-order valence-electron chi connectivity index (χ0n) is 9.71. The van der Waals surface area contributed by atoms with Gasteiger partial charge in [0.2, 0.25) is 5.91 Å². The van der Waals surface area contributed by atoms with Crippen LogP contribution in [-0.4, -0.2) is 5.91 Å². The molecule has 2 aliphatic rings. The topological polar surface area (TPSA) is 29.1 Å². The summed E-state index contributed by atoms with van der Waals surface area (Å²) in [4.78, 5) is 11.9. The van der Waals surface area contributed by atoms with Gasteiger partial charge in [0.05, 0.1) is 5.54 Å². The van der Waals surface area contributed by atoms with E-state index in [1.807, 2.05) is 24.3 Å². The van der Waals surface area contributed by atoms with Crippen LogP contribution in [0.2, 0.25) is 5.02 Å². The highest BCUT2D eigenvalue weighted by Crippen LogP contribution is 2.42. The molecule has 2 aliphatic carbocycles. The van der Waals surface area contributed by atoms with Crippen LogP contribution in [-0.2, 0) is 10.3 Å². The molecule has 90 valence electrons. The Morgan fingerprint density at radius 2 is 1.88 bits per heavy atom. The molecular formula is C14H16ClNO. The summed E-state index contributed by atoms with van der Waals surface area (Å²) in [5, 5.41) is 3.99. The van der Waals surface area contributed by atoms with Crippen LogP contribution in [0.25, 0.3) is 0 Å². The van der Waals surface area contributed by atoms with Crippen molar-refractivity contribution in [1.29, 1.82) is 0 Å². The van der Waals surface area contributed by atoms with Crippen molar-refractivity contribution in [2.45, 2.75) is 37.6 Å². The first-order valence-electron chi connectivity index (χ1n) is 6.28. The highest BCUT2D eigenvalue weighted by molar-refractivity contribution is 6.30. The molecule has 1 aromatic carbocycles. The Morgan fingerprint density at radius 1 is 1.24 bits per heavy atom. The highest BCUT2D eigenvalue weighted by Gasteiger charge is 2.42. The number of hydrogen-bond donors (Lipinski definition) is 1. The van der Waals surface area contributed by atoms with Crippen LogP contribution < -0.4 is 5.32 Å². The first-order chi connectivity index (χ1) is 8.20. The molecule has 0 aliphatic heterocycles. The molecule has 1 N–H and O–H groups in total. The van der Waals surface area contributed by atoms with Crippen LogP contribution in [0.1, 0.15) is 37.7 Å². The Labute approximate surface area is 106 Å². The fourth-order valence-corrected chi connectivity index (χ4v) is 2.59. The second-order valence-electron chi connectivity index (χ2n) is 5.21. The van der Waals surface area contributed by atoms with Gasteiger partial charge < -0.3 is 5.32 Å². The lowest BCUT2D eigenvalue weighted by molar-refractivity contribution is -0.125.